The minimum Gasteiger partial charge on any atom is -0.462 e. The van der Waals surface area contributed by atoms with E-state index in [1.54, 1.807) is 0 Å². The number of carbonyl (C=O) groups is 3. The molecule has 0 radical (unpaired) electrons. The summed E-state index contributed by atoms with van der Waals surface area (Å²) in [5.41, 5.74) is 0. The lowest BCUT2D eigenvalue weighted by Crippen LogP contribution is -2.30. The quantitative estimate of drug-likeness (QED) is 0.0261. The van der Waals surface area contributed by atoms with Crippen LogP contribution in [0.3, 0.4) is 0 Å². The lowest BCUT2D eigenvalue weighted by molar-refractivity contribution is -0.167. The third kappa shape index (κ3) is 64.9. The van der Waals surface area contributed by atoms with Crippen LogP contribution in [0.15, 0.2) is 12.2 Å². The first-order chi connectivity index (χ1) is 38.0. The van der Waals surface area contributed by atoms with E-state index < -0.39 is 6.10 Å². The largest absolute Gasteiger partial charge is 0.462 e. The first-order valence-electron chi connectivity index (χ1n) is 35.2. The minimum absolute atomic E-state index is 0.0662. The summed E-state index contributed by atoms with van der Waals surface area (Å²) in [5.74, 6) is -0.847. The Kier molecular flexibility index (Phi) is 65.1. The highest BCUT2D eigenvalue weighted by Gasteiger charge is 2.19. The van der Waals surface area contributed by atoms with Gasteiger partial charge >= 0.3 is 17.9 Å². The van der Waals surface area contributed by atoms with Crippen molar-refractivity contribution in [3.63, 3.8) is 0 Å². The lowest BCUT2D eigenvalue weighted by Gasteiger charge is -2.18. The summed E-state index contributed by atoms with van der Waals surface area (Å²) in [7, 11) is 0. The molecular weight excluding hydrogens is 949 g/mol. The molecule has 1 unspecified atom stereocenters. The van der Waals surface area contributed by atoms with Gasteiger partial charge in [0.1, 0.15) is 13.2 Å². The van der Waals surface area contributed by atoms with Crippen LogP contribution in [0.5, 0.6) is 0 Å². The van der Waals surface area contributed by atoms with Gasteiger partial charge in [-0.15, -0.1) is 0 Å². The van der Waals surface area contributed by atoms with E-state index in [1.165, 1.54) is 302 Å². The Morgan fingerprint density at radius 3 is 0.688 bits per heavy atom. The predicted octanol–water partition coefficient (Wildman–Crippen LogP) is 24.0. The third-order valence-electron chi connectivity index (χ3n) is 16.3. The number of hydrogen-bond donors (Lipinski definition) is 0. The van der Waals surface area contributed by atoms with Crippen LogP contribution < -0.4 is 0 Å². The first kappa shape index (κ1) is 75.2. The van der Waals surface area contributed by atoms with Crippen molar-refractivity contribution in [3.05, 3.63) is 12.2 Å². The molecule has 456 valence electrons. The van der Waals surface area contributed by atoms with Crippen LogP contribution in [-0.2, 0) is 28.6 Å². The second kappa shape index (κ2) is 66.7. The van der Waals surface area contributed by atoms with E-state index in [-0.39, 0.29) is 31.1 Å². The maximum atomic E-state index is 12.9. The number of ether oxygens (including phenoxy) is 3. The third-order valence-corrected chi connectivity index (χ3v) is 16.3. The fourth-order valence-corrected chi connectivity index (χ4v) is 11.0. The van der Waals surface area contributed by atoms with Gasteiger partial charge < -0.3 is 14.2 Å². The van der Waals surface area contributed by atoms with E-state index in [4.69, 9.17) is 14.2 Å². The zero-order valence-corrected chi connectivity index (χ0v) is 52.5. The van der Waals surface area contributed by atoms with Crippen LogP contribution in [0.2, 0.25) is 0 Å². The molecule has 0 amide bonds. The molecule has 0 rings (SSSR count). The molecule has 0 fully saturated rings. The second-order valence-corrected chi connectivity index (χ2v) is 24.2. The highest BCUT2D eigenvalue weighted by atomic mass is 16.6. The van der Waals surface area contributed by atoms with Crippen LogP contribution in [0.4, 0.5) is 0 Å². The fourth-order valence-electron chi connectivity index (χ4n) is 11.0. The molecule has 0 spiro atoms. The SMILES string of the molecule is CCCC/C=C\CCCCCCCC(=O)OCC(COC(=O)CCCCCCCCCCCCCCCCCCCCCCCCCCCCCCCCCCC)OC(=O)CCCCCCCCCCCCCCCCC. The maximum absolute atomic E-state index is 12.9. The molecule has 0 N–H and O–H groups in total. The average Bonchev–Trinajstić information content (AvgIpc) is 3.43. The molecule has 0 aromatic heterocycles. The number of esters is 3. The molecule has 0 aliphatic carbocycles. The Balaban J connectivity index is 4.01. The van der Waals surface area contributed by atoms with Gasteiger partial charge in [-0.1, -0.05) is 360 Å². The molecule has 0 aromatic rings. The van der Waals surface area contributed by atoms with Crippen LogP contribution in [0.1, 0.15) is 406 Å². The molecule has 0 heterocycles. The van der Waals surface area contributed by atoms with Crippen molar-refractivity contribution in [1.29, 1.82) is 0 Å². The van der Waals surface area contributed by atoms with Crippen molar-refractivity contribution in [2.24, 2.45) is 0 Å². The summed E-state index contributed by atoms with van der Waals surface area (Å²) < 4.78 is 16.9. The van der Waals surface area contributed by atoms with Gasteiger partial charge in [-0.25, -0.2) is 0 Å². The topological polar surface area (TPSA) is 78.9 Å². The maximum Gasteiger partial charge on any atom is 0.306 e. The summed E-state index contributed by atoms with van der Waals surface area (Å²) in [6.07, 6.45) is 79.8. The molecular formula is C71H136O6. The summed E-state index contributed by atoms with van der Waals surface area (Å²) in [6, 6.07) is 0. The van der Waals surface area contributed by atoms with Gasteiger partial charge in [0.05, 0.1) is 0 Å². The highest BCUT2D eigenvalue weighted by molar-refractivity contribution is 5.71. The van der Waals surface area contributed by atoms with Crippen LogP contribution in [0, 0.1) is 0 Å². The number of unbranched alkanes of at least 4 members (excludes halogenated alkanes) is 53. The Morgan fingerprint density at radius 2 is 0.442 bits per heavy atom. The highest BCUT2D eigenvalue weighted by Crippen LogP contribution is 2.19. The Labute approximate surface area is 481 Å². The zero-order chi connectivity index (χ0) is 55.7. The molecule has 1 atom stereocenters. The summed E-state index contributed by atoms with van der Waals surface area (Å²) in [5, 5.41) is 0. The molecule has 0 aliphatic heterocycles. The van der Waals surface area contributed by atoms with Crippen LogP contribution in [-0.4, -0.2) is 37.2 Å². The Bertz CT molecular complexity index is 1200. The standard InChI is InChI=1S/C71H136O6/c1-4-7-10-13-16-19-22-24-26-27-28-29-30-31-32-33-34-35-36-37-38-39-40-41-42-43-45-46-49-52-55-58-61-64-70(73)76-67-68(66-75-69(72)63-60-57-54-51-48-21-18-15-12-9-6-3)77-71(74)65-62-59-56-53-50-47-44-25-23-20-17-14-11-8-5-2/h15,18,68H,4-14,16-17,19-67H2,1-3H3/b18-15-. The van der Waals surface area contributed by atoms with Gasteiger partial charge in [-0.2, -0.15) is 0 Å². The molecule has 0 aliphatic rings. The van der Waals surface area contributed by atoms with Crippen molar-refractivity contribution in [1.82, 2.24) is 0 Å². The van der Waals surface area contributed by atoms with Gasteiger partial charge in [-0.05, 0) is 38.5 Å². The molecule has 6 nitrogen and oxygen atoms in total. The minimum atomic E-state index is -0.768. The van der Waals surface area contributed by atoms with Crippen molar-refractivity contribution < 1.29 is 28.6 Å². The number of carbonyl (C=O) groups excluding carboxylic acids is 3. The molecule has 0 aromatic carbocycles. The smallest absolute Gasteiger partial charge is 0.306 e. The first-order valence-corrected chi connectivity index (χ1v) is 35.2. The van der Waals surface area contributed by atoms with E-state index in [9.17, 15) is 14.4 Å². The van der Waals surface area contributed by atoms with Gasteiger partial charge in [0.25, 0.3) is 0 Å². The van der Waals surface area contributed by atoms with Crippen molar-refractivity contribution in [3.8, 4) is 0 Å². The normalized spacial score (nSPS) is 12.0. The molecule has 6 heteroatoms. The van der Waals surface area contributed by atoms with E-state index >= 15 is 0 Å². The second-order valence-electron chi connectivity index (χ2n) is 24.2. The lowest BCUT2D eigenvalue weighted by atomic mass is 10.0. The van der Waals surface area contributed by atoms with Crippen molar-refractivity contribution in [2.45, 2.75) is 412 Å². The number of rotatable bonds is 66. The van der Waals surface area contributed by atoms with Crippen LogP contribution >= 0.6 is 0 Å². The van der Waals surface area contributed by atoms with E-state index in [2.05, 4.69) is 32.9 Å². The van der Waals surface area contributed by atoms with Gasteiger partial charge in [0.2, 0.25) is 0 Å². The van der Waals surface area contributed by atoms with E-state index in [0.29, 0.717) is 19.3 Å². The monoisotopic (exact) mass is 1090 g/mol. The van der Waals surface area contributed by atoms with Crippen molar-refractivity contribution in [2.75, 3.05) is 13.2 Å². The summed E-state index contributed by atoms with van der Waals surface area (Å²) in [4.78, 5) is 38.2. The fraction of sp³-hybridized carbons (Fsp3) is 0.930. The predicted molar refractivity (Wildman–Crippen MR) is 335 cm³/mol. The summed E-state index contributed by atoms with van der Waals surface area (Å²) in [6.45, 7) is 6.67. The van der Waals surface area contributed by atoms with E-state index in [0.717, 1.165) is 64.2 Å². The Morgan fingerprint density at radius 1 is 0.247 bits per heavy atom. The Hall–Kier alpha value is -1.85. The molecule has 0 bridgehead atoms. The van der Waals surface area contributed by atoms with Gasteiger partial charge in [0, 0.05) is 19.3 Å². The molecule has 77 heavy (non-hydrogen) atoms. The average molecular weight is 1090 g/mol. The van der Waals surface area contributed by atoms with Gasteiger partial charge in [0.15, 0.2) is 6.10 Å². The van der Waals surface area contributed by atoms with E-state index in [1.807, 2.05) is 0 Å². The number of allylic oxidation sites excluding steroid dienone is 2. The zero-order valence-electron chi connectivity index (χ0n) is 52.5. The van der Waals surface area contributed by atoms with Gasteiger partial charge in [-0.3, -0.25) is 14.4 Å². The molecule has 0 saturated carbocycles. The summed E-state index contributed by atoms with van der Waals surface area (Å²) >= 11 is 0. The number of hydrogen-bond acceptors (Lipinski definition) is 6. The molecule has 0 saturated heterocycles. The van der Waals surface area contributed by atoms with Crippen LogP contribution in [0.25, 0.3) is 0 Å². The van der Waals surface area contributed by atoms with Crippen molar-refractivity contribution >= 4 is 17.9 Å².